The fourth-order valence-corrected chi connectivity index (χ4v) is 2.26. The van der Waals surface area contributed by atoms with Crippen LogP contribution in [0.4, 0.5) is 8.78 Å². The molecule has 0 spiro atoms. The molecule has 0 atom stereocenters. The number of hydrogen-bond donors (Lipinski definition) is 1. The standard InChI is InChI=1S/C13H10F2O4S/c1-20(17,18)13-7-11(16)12(6-10(13)15)19-9-4-2-8(14)3-5-9/h2-7,16H,1H3. The van der Waals surface area contributed by atoms with Crippen LogP contribution in [0, 0.1) is 11.6 Å². The van der Waals surface area contributed by atoms with Crippen LogP contribution < -0.4 is 4.74 Å². The highest BCUT2D eigenvalue weighted by atomic mass is 32.2. The Kier molecular flexibility index (Phi) is 3.63. The van der Waals surface area contributed by atoms with E-state index in [-0.39, 0.29) is 11.5 Å². The van der Waals surface area contributed by atoms with Gasteiger partial charge in [-0.1, -0.05) is 0 Å². The van der Waals surface area contributed by atoms with E-state index in [4.69, 9.17) is 4.74 Å². The van der Waals surface area contributed by atoms with Gasteiger partial charge in [-0.25, -0.2) is 17.2 Å². The zero-order valence-corrected chi connectivity index (χ0v) is 11.1. The molecule has 2 aromatic carbocycles. The third-order valence-electron chi connectivity index (χ3n) is 2.45. The van der Waals surface area contributed by atoms with E-state index >= 15 is 0 Å². The van der Waals surface area contributed by atoms with Crippen LogP contribution in [-0.4, -0.2) is 19.8 Å². The summed E-state index contributed by atoms with van der Waals surface area (Å²) >= 11 is 0. The molecule has 0 radical (unpaired) electrons. The fourth-order valence-electron chi connectivity index (χ4n) is 1.52. The summed E-state index contributed by atoms with van der Waals surface area (Å²) in [6, 6.07) is 6.37. The smallest absolute Gasteiger partial charge is 0.178 e. The number of halogens is 2. The molecule has 0 fully saturated rings. The average Bonchev–Trinajstić information content (AvgIpc) is 2.35. The summed E-state index contributed by atoms with van der Waals surface area (Å²) in [7, 11) is -3.79. The molecule has 0 amide bonds. The molecule has 106 valence electrons. The number of rotatable bonds is 3. The zero-order valence-electron chi connectivity index (χ0n) is 10.3. The number of benzene rings is 2. The molecule has 4 nitrogen and oxygen atoms in total. The molecule has 0 saturated carbocycles. The monoisotopic (exact) mass is 300 g/mol. The maximum Gasteiger partial charge on any atom is 0.178 e. The van der Waals surface area contributed by atoms with Gasteiger partial charge in [0.05, 0.1) is 0 Å². The summed E-state index contributed by atoms with van der Waals surface area (Å²) < 4.78 is 54.1. The van der Waals surface area contributed by atoms with Crippen molar-refractivity contribution in [3.63, 3.8) is 0 Å². The van der Waals surface area contributed by atoms with Crippen LogP contribution in [0.2, 0.25) is 0 Å². The van der Waals surface area contributed by atoms with Crippen molar-refractivity contribution in [2.75, 3.05) is 6.26 Å². The molecule has 7 heteroatoms. The van der Waals surface area contributed by atoms with Gasteiger partial charge in [-0.05, 0) is 24.3 Å². The van der Waals surface area contributed by atoms with Crippen LogP contribution in [-0.2, 0) is 9.84 Å². The van der Waals surface area contributed by atoms with Crippen molar-refractivity contribution < 1.29 is 27.0 Å². The lowest BCUT2D eigenvalue weighted by atomic mass is 10.3. The Morgan fingerprint density at radius 3 is 2.25 bits per heavy atom. The van der Waals surface area contributed by atoms with Crippen LogP contribution in [0.3, 0.4) is 0 Å². The summed E-state index contributed by atoms with van der Waals surface area (Å²) in [5.74, 6) is -2.13. The SMILES string of the molecule is CS(=O)(=O)c1cc(O)c(Oc2ccc(F)cc2)cc1F. The number of aromatic hydroxyl groups is 1. The summed E-state index contributed by atoms with van der Waals surface area (Å²) in [6.07, 6.45) is 0.825. The molecular formula is C13H10F2O4S. The van der Waals surface area contributed by atoms with Crippen LogP contribution in [0.25, 0.3) is 0 Å². The molecule has 0 bridgehead atoms. The van der Waals surface area contributed by atoms with Gasteiger partial charge >= 0.3 is 0 Å². The second-order valence-electron chi connectivity index (χ2n) is 4.08. The maximum atomic E-state index is 13.7. The van der Waals surface area contributed by atoms with Crippen molar-refractivity contribution in [1.29, 1.82) is 0 Å². The average molecular weight is 300 g/mol. The van der Waals surface area contributed by atoms with Gasteiger partial charge in [0.25, 0.3) is 0 Å². The van der Waals surface area contributed by atoms with Crippen LogP contribution in [0.5, 0.6) is 17.2 Å². The lowest BCUT2D eigenvalue weighted by molar-refractivity contribution is 0.403. The van der Waals surface area contributed by atoms with E-state index in [1.54, 1.807) is 0 Å². The first kappa shape index (κ1) is 14.3. The van der Waals surface area contributed by atoms with Gasteiger partial charge in [-0.15, -0.1) is 0 Å². The van der Waals surface area contributed by atoms with Gasteiger partial charge in [0.2, 0.25) is 0 Å². The highest BCUT2D eigenvalue weighted by Crippen LogP contribution is 2.34. The van der Waals surface area contributed by atoms with Gasteiger partial charge in [0, 0.05) is 18.4 Å². The van der Waals surface area contributed by atoms with E-state index in [2.05, 4.69) is 0 Å². The Morgan fingerprint density at radius 2 is 1.70 bits per heavy atom. The van der Waals surface area contributed by atoms with Crippen molar-refractivity contribution in [2.45, 2.75) is 4.90 Å². The Hall–Kier alpha value is -2.15. The minimum atomic E-state index is -3.79. The third kappa shape index (κ3) is 3.05. The van der Waals surface area contributed by atoms with Crippen molar-refractivity contribution in [3.05, 3.63) is 48.0 Å². The van der Waals surface area contributed by atoms with Crippen LogP contribution in [0.1, 0.15) is 0 Å². The van der Waals surface area contributed by atoms with Crippen molar-refractivity contribution >= 4 is 9.84 Å². The highest BCUT2D eigenvalue weighted by molar-refractivity contribution is 7.90. The summed E-state index contributed by atoms with van der Waals surface area (Å²) in [4.78, 5) is -0.624. The first-order valence-electron chi connectivity index (χ1n) is 5.43. The van der Waals surface area contributed by atoms with Gasteiger partial charge in [-0.3, -0.25) is 0 Å². The van der Waals surface area contributed by atoms with Gasteiger partial charge in [0.15, 0.2) is 21.3 Å². The molecule has 0 unspecified atom stereocenters. The van der Waals surface area contributed by atoms with E-state index in [0.717, 1.165) is 30.5 Å². The molecule has 0 saturated heterocycles. The molecule has 20 heavy (non-hydrogen) atoms. The lowest BCUT2D eigenvalue weighted by Gasteiger charge is -2.09. The van der Waals surface area contributed by atoms with E-state index in [9.17, 15) is 22.3 Å². The highest BCUT2D eigenvalue weighted by Gasteiger charge is 2.18. The maximum absolute atomic E-state index is 13.7. The minimum Gasteiger partial charge on any atom is -0.504 e. The lowest BCUT2D eigenvalue weighted by Crippen LogP contribution is -2.01. The summed E-state index contributed by atoms with van der Waals surface area (Å²) in [6.45, 7) is 0. The van der Waals surface area contributed by atoms with Crippen molar-refractivity contribution in [2.24, 2.45) is 0 Å². The van der Waals surface area contributed by atoms with Crippen LogP contribution in [0.15, 0.2) is 41.3 Å². The largest absolute Gasteiger partial charge is 0.504 e. The number of phenols is 1. The van der Waals surface area contributed by atoms with Gasteiger partial charge in [-0.2, -0.15) is 0 Å². The molecule has 0 aliphatic rings. The Balaban J connectivity index is 2.39. The normalized spacial score (nSPS) is 11.3. The molecule has 0 heterocycles. The Labute approximate surface area is 114 Å². The number of hydrogen-bond acceptors (Lipinski definition) is 4. The first-order chi connectivity index (χ1) is 9.27. The van der Waals surface area contributed by atoms with E-state index < -0.39 is 32.1 Å². The molecule has 0 aliphatic heterocycles. The van der Waals surface area contributed by atoms with Crippen molar-refractivity contribution in [3.8, 4) is 17.2 Å². The second kappa shape index (κ2) is 5.09. The minimum absolute atomic E-state index is 0.174. The molecule has 2 aromatic rings. The third-order valence-corrected chi connectivity index (χ3v) is 3.57. The molecular weight excluding hydrogens is 290 g/mol. The zero-order chi connectivity index (χ0) is 14.9. The van der Waals surface area contributed by atoms with E-state index in [1.165, 1.54) is 12.1 Å². The molecule has 0 aromatic heterocycles. The summed E-state index contributed by atoms with van der Waals surface area (Å²) in [5.41, 5.74) is 0. The predicted molar refractivity (Wildman–Crippen MR) is 67.6 cm³/mol. The second-order valence-corrected chi connectivity index (χ2v) is 6.06. The number of sulfone groups is 1. The van der Waals surface area contributed by atoms with Gasteiger partial charge in [0.1, 0.15) is 22.3 Å². The molecule has 0 aliphatic carbocycles. The van der Waals surface area contributed by atoms with Crippen LogP contribution >= 0.6 is 0 Å². The summed E-state index contributed by atoms with van der Waals surface area (Å²) in [5, 5.41) is 9.66. The topological polar surface area (TPSA) is 63.6 Å². The van der Waals surface area contributed by atoms with E-state index in [1.807, 2.05) is 0 Å². The fraction of sp³-hybridized carbons (Fsp3) is 0.0769. The van der Waals surface area contributed by atoms with E-state index in [0.29, 0.717) is 0 Å². The predicted octanol–water partition coefficient (Wildman–Crippen LogP) is 2.87. The van der Waals surface area contributed by atoms with Gasteiger partial charge < -0.3 is 9.84 Å². The Bertz CT molecular complexity index is 740. The van der Waals surface area contributed by atoms with Crippen molar-refractivity contribution in [1.82, 2.24) is 0 Å². The molecule has 1 N–H and O–H groups in total. The number of ether oxygens (including phenoxy) is 1. The number of phenolic OH excluding ortho intramolecular Hbond substituents is 1. The quantitative estimate of drug-likeness (QED) is 0.946. The first-order valence-corrected chi connectivity index (χ1v) is 7.32. The molecule has 2 rings (SSSR count). The Morgan fingerprint density at radius 1 is 1.10 bits per heavy atom.